The molecule has 2 unspecified atom stereocenters. The van der Waals surface area contributed by atoms with E-state index in [1.807, 2.05) is 0 Å². The van der Waals surface area contributed by atoms with Gasteiger partial charge in [0.15, 0.2) is 0 Å². The maximum atomic E-state index is 10.5. The number of rotatable bonds is 6. The van der Waals surface area contributed by atoms with Gasteiger partial charge in [-0.2, -0.15) is 0 Å². The molecule has 1 aliphatic heterocycles. The van der Waals surface area contributed by atoms with Crippen LogP contribution in [0.5, 0.6) is 0 Å². The summed E-state index contributed by atoms with van der Waals surface area (Å²) in [6, 6.07) is 14.9. The van der Waals surface area contributed by atoms with Crippen molar-refractivity contribution < 1.29 is 5.11 Å². The van der Waals surface area contributed by atoms with Crippen LogP contribution >= 0.6 is 0 Å². The number of piperidine rings is 1. The van der Waals surface area contributed by atoms with Crippen LogP contribution in [0.3, 0.4) is 0 Å². The first-order valence-electron chi connectivity index (χ1n) is 9.37. The predicted octanol–water partition coefficient (Wildman–Crippen LogP) is 2.87. The Balaban J connectivity index is 1.33. The number of hydrogen-bond donors (Lipinski definition) is 3. The van der Waals surface area contributed by atoms with Crippen LogP contribution in [0.25, 0.3) is 10.8 Å². The molecule has 2 aliphatic rings. The van der Waals surface area contributed by atoms with Crippen LogP contribution in [0.2, 0.25) is 0 Å². The molecule has 1 heterocycles. The molecule has 0 amide bonds. The van der Waals surface area contributed by atoms with Crippen LogP contribution in [-0.2, 0) is 6.42 Å². The van der Waals surface area contributed by atoms with Crippen molar-refractivity contribution in [1.82, 2.24) is 10.6 Å². The first-order chi connectivity index (χ1) is 11.8. The second kappa shape index (κ2) is 6.83. The molecule has 1 saturated carbocycles. The fraction of sp³-hybridized carbons (Fsp3) is 0.524. The number of hydrogen-bond acceptors (Lipinski definition) is 3. The lowest BCUT2D eigenvalue weighted by Gasteiger charge is -2.32. The highest BCUT2D eigenvalue weighted by Gasteiger charge is 2.48. The van der Waals surface area contributed by atoms with Gasteiger partial charge in [-0.15, -0.1) is 0 Å². The molecule has 0 radical (unpaired) electrons. The van der Waals surface area contributed by atoms with Gasteiger partial charge in [-0.1, -0.05) is 42.5 Å². The molecular weight excluding hydrogens is 296 g/mol. The van der Waals surface area contributed by atoms with Crippen LogP contribution in [-0.4, -0.2) is 36.4 Å². The van der Waals surface area contributed by atoms with Gasteiger partial charge in [0.05, 0.1) is 6.10 Å². The zero-order valence-corrected chi connectivity index (χ0v) is 14.3. The lowest BCUT2D eigenvalue weighted by molar-refractivity contribution is 0.153. The van der Waals surface area contributed by atoms with Gasteiger partial charge in [0, 0.05) is 12.1 Å². The standard InChI is InChI=1S/C21H28N2O/c24-20(13-16-7-8-17-4-1-2-5-18(17)12-16)15-23-21(9-10-21)19-6-3-11-22-14-19/h1-2,4-5,7-8,12,19-20,22-24H,3,6,9-11,13-15H2. The smallest absolute Gasteiger partial charge is 0.0705 e. The molecule has 3 nitrogen and oxygen atoms in total. The van der Waals surface area contributed by atoms with Gasteiger partial charge in [0.1, 0.15) is 0 Å². The summed E-state index contributed by atoms with van der Waals surface area (Å²) in [6.07, 6.45) is 5.54. The Bertz CT molecular complexity index is 689. The molecule has 0 aromatic heterocycles. The summed E-state index contributed by atoms with van der Waals surface area (Å²) in [5.74, 6) is 0.735. The van der Waals surface area contributed by atoms with Crippen LogP contribution in [0.4, 0.5) is 0 Å². The van der Waals surface area contributed by atoms with Crippen molar-refractivity contribution in [3.8, 4) is 0 Å². The molecule has 3 heteroatoms. The van der Waals surface area contributed by atoms with E-state index < -0.39 is 0 Å². The van der Waals surface area contributed by atoms with Gasteiger partial charge in [-0.05, 0) is 67.4 Å². The van der Waals surface area contributed by atoms with Crippen molar-refractivity contribution in [2.45, 2.75) is 43.7 Å². The lowest BCUT2D eigenvalue weighted by atomic mass is 9.89. The summed E-state index contributed by atoms with van der Waals surface area (Å²) < 4.78 is 0. The Morgan fingerprint density at radius 3 is 2.75 bits per heavy atom. The van der Waals surface area contributed by atoms with Crippen molar-refractivity contribution in [2.75, 3.05) is 19.6 Å². The molecular formula is C21H28N2O. The fourth-order valence-corrected chi connectivity index (χ4v) is 4.22. The van der Waals surface area contributed by atoms with Gasteiger partial charge < -0.3 is 15.7 Å². The summed E-state index contributed by atoms with van der Waals surface area (Å²) in [6.45, 7) is 2.99. The minimum atomic E-state index is -0.319. The van der Waals surface area contributed by atoms with Crippen molar-refractivity contribution >= 4 is 10.8 Å². The topological polar surface area (TPSA) is 44.3 Å². The Morgan fingerprint density at radius 1 is 1.17 bits per heavy atom. The maximum absolute atomic E-state index is 10.5. The summed E-state index contributed by atoms with van der Waals surface area (Å²) in [5.41, 5.74) is 1.52. The first-order valence-corrected chi connectivity index (χ1v) is 9.37. The molecule has 2 fully saturated rings. The van der Waals surface area contributed by atoms with Crippen LogP contribution in [0.15, 0.2) is 42.5 Å². The maximum Gasteiger partial charge on any atom is 0.0705 e. The second-order valence-electron chi connectivity index (χ2n) is 7.62. The summed E-state index contributed by atoms with van der Waals surface area (Å²) in [4.78, 5) is 0. The molecule has 24 heavy (non-hydrogen) atoms. The summed E-state index contributed by atoms with van der Waals surface area (Å²) in [5, 5.41) is 20.2. The number of β-amino-alcohol motifs (C(OH)–C–C–N with tert-alkyl or cyclic N) is 1. The van der Waals surface area contributed by atoms with E-state index in [1.54, 1.807) is 0 Å². The van der Waals surface area contributed by atoms with E-state index in [1.165, 1.54) is 42.0 Å². The third-order valence-electron chi connectivity index (χ3n) is 5.84. The highest BCUT2D eigenvalue weighted by Crippen LogP contribution is 2.44. The molecule has 2 aromatic carbocycles. The van der Waals surface area contributed by atoms with Crippen LogP contribution in [0.1, 0.15) is 31.2 Å². The highest BCUT2D eigenvalue weighted by atomic mass is 16.3. The van der Waals surface area contributed by atoms with Gasteiger partial charge >= 0.3 is 0 Å². The average Bonchev–Trinajstić information content (AvgIpc) is 3.42. The molecule has 3 N–H and O–H groups in total. The number of nitrogens with one attached hydrogen (secondary N) is 2. The van der Waals surface area contributed by atoms with Crippen molar-refractivity contribution in [3.05, 3.63) is 48.0 Å². The molecule has 4 rings (SSSR count). The van der Waals surface area contributed by atoms with E-state index in [9.17, 15) is 5.11 Å². The Labute approximate surface area is 144 Å². The number of aliphatic hydroxyl groups is 1. The second-order valence-corrected chi connectivity index (χ2v) is 7.62. The van der Waals surface area contributed by atoms with Crippen molar-refractivity contribution in [2.24, 2.45) is 5.92 Å². The van der Waals surface area contributed by atoms with Crippen LogP contribution < -0.4 is 10.6 Å². The highest BCUT2D eigenvalue weighted by molar-refractivity contribution is 5.82. The zero-order valence-electron chi connectivity index (χ0n) is 14.3. The van der Waals surface area contributed by atoms with E-state index in [0.29, 0.717) is 12.1 Å². The number of benzene rings is 2. The lowest BCUT2D eigenvalue weighted by Crippen LogP contribution is -2.48. The van der Waals surface area contributed by atoms with E-state index in [0.717, 1.165) is 25.4 Å². The molecule has 1 aliphatic carbocycles. The van der Waals surface area contributed by atoms with Crippen molar-refractivity contribution in [1.29, 1.82) is 0 Å². The van der Waals surface area contributed by atoms with Gasteiger partial charge in [0.2, 0.25) is 0 Å². The first kappa shape index (κ1) is 16.1. The Morgan fingerprint density at radius 2 is 2.00 bits per heavy atom. The summed E-state index contributed by atoms with van der Waals surface area (Å²) >= 11 is 0. The SMILES string of the molecule is OC(CNC1(C2CCCNC2)CC1)Cc1ccc2ccccc2c1. The molecule has 0 bridgehead atoms. The fourth-order valence-electron chi connectivity index (χ4n) is 4.22. The third kappa shape index (κ3) is 3.49. The summed E-state index contributed by atoms with van der Waals surface area (Å²) in [7, 11) is 0. The van der Waals surface area contributed by atoms with Crippen molar-refractivity contribution in [3.63, 3.8) is 0 Å². The third-order valence-corrected chi connectivity index (χ3v) is 5.84. The molecule has 128 valence electrons. The number of fused-ring (bicyclic) bond motifs is 1. The quantitative estimate of drug-likeness (QED) is 0.765. The van der Waals surface area contributed by atoms with Gasteiger partial charge in [0.25, 0.3) is 0 Å². The molecule has 0 spiro atoms. The Kier molecular flexibility index (Phi) is 4.57. The normalized spacial score (nSPS) is 24.0. The van der Waals surface area contributed by atoms with Gasteiger partial charge in [-0.3, -0.25) is 0 Å². The zero-order chi connectivity index (χ0) is 16.4. The van der Waals surface area contributed by atoms with E-state index in [-0.39, 0.29) is 6.10 Å². The predicted molar refractivity (Wildman–Crippen MR) is 99.2 cm³/mol. The monoisotopic (exact) mass is 324 g/mol. The number of aliphatic hydroxyl groups excluding tert-OH is 1. The average molecular weight is 324 g/mol. The van der Waals surface area contributed by atoms with Crippen LogP contribution in [0, 0.1) is 5.92 Å². The van der Waals surface area contributed by atoms with E-state index in [2.05, 4.69) is 53.1 Å². The molecule has 2 aromatic rings. The molecule has 1 saturated heterocycles. The van der Waals surface area contributed by atoms with E-state index in [4.69, 9.17) is 0 Å². The largest absolute Gasteiger partial charge is 0.391 e. The minimum Gasteiger partial charge on any atom is -0.391 e. The Hall–Kier alpha value is -1.42. The molecule has 2 atom stereocenters. The van der Waals surface area contributed by atoms with Gasteiger partial charge in [-0.25, -0.2) is 0 Å². The van der Waals surface area contributed by atoms with E-state index >= 15 is 0 Å². The minimum absolute atomic E-state index is 0.303.